The maximum atomic E-state index is 14.6. The summed E-state index contributed by atoms with van der Waals surface area (Å²) in [7, 11) is 0. The molecule has 23 heavy (non-hydrogen) atoms. The Morgan fingerprint density at radius 2 is 2.09 bits per heavy atom. The smallest absolute Gasteiger partial charge is 0.415 e. The van der Waals surface area contributed by atoms with Crippen LogP contribution < -0.4 is 20.3 Å². The first-order valence-electron chi connectivity index (χ1n) is 7.68. The molecule has 0 aliphatic carbocycles. The van der Waals surface area contributed by atoms with Crippen LogP contribution in [0.25, 0.3) is 0 Å². The lowest BCUT2D eigenvalue weighted by Crippen LogP contribution is -2.46. The number of nitrogens with zero attached hydrogens (tertiary/aromatic N) is 2. The van der Waals surface area contributed by atoms with Gasteiger partial charge in [0.05, 0.1) is 11.4 Å². The summed E-state index contributed by atoms with van der Waals surface area (Å²) in [6.07, 6.45) is -0.908. The number of cyclic esters (lactones) is 1. The van der Waals surface area contributed by atoms with Gasteiger partial charge in [0.25, 0.3) is 0 Å². The summed E-state index contributed by atoms with van der Waals surface area (Å²) in [5.41, 5.74) is 6.59. The Bertz CT molecular complexity index is 639. The van der Waals surface area contributed by atoms with Crippen LogP contribution >= 0.6 is 11.8 Å². The summed E-state index contributed by atoms with van der Waals surface area (Å²) in [5.74, 6) is 2.14. The number of carbonyl (C=O) groups is 1. The number of halogens is 1. The molecule has 8 heteroatoms. The fraction of sp³-hybridized carbons (Fsp3) is 0.533. The van der Waals surface area contributed by atoms with E-state index in [0.29, 0.717) is 23.7 Å². The third-order valence-corrected chi connectivity index (χ3v) is 5.43. The fourth-order valence-corrected chi connectivity index (χ4v) is 4.19. The Kier molecular flexibility index (Phi) is 3.73. The van der Waals surface area contributed by atoms with Crippen molar-refractivity contribution >= 4 is 29.2 Å². The third kappa shape index (κ3) is 2.40. The van der Waals surface area contributed by atoms with E-state index in [1.807, 2.05) is 16.7 Å². The number of hydrogen-bond acceptors (Lipinski definition) is 6. The van der Waals surface area contributed by atoms with Crippen LogP contribution in [0, 0.1) is 5.82 Å². The topological polar surface area (TPSA) is 68.0 Å². The van der Waals surface area contributed by atoms with Gasteiger partial charge >= 0.3 is 6.09 Å². The van der Waals surface area contributed by atoms with Crippen molar-refractivity contribution in [2.75, 3.05) is 47.5 Å². The molecule has 1 amide bonds. The molecule has 3 aliphatic rings. The third-order valence-electron chi connectivity index (χ3n) is 4.49. The van der Waals surface area contributed by atoms with Gasteiger partial charge in [-0.3, -0.25) is 4.90 Å². The van der Waals surface area contributed by atoms with Crippen LogP contribution in [0.2, 0.25) is 0 Å². The molecule has 0 aromatic heterocycles. The van der Waals surface area contributed by atoms with Crippen LogP contribution in [-0.2, 0) is 4.74 Å². The van der Waals surface area contributed by atoms with Crippen molar-refractivity contribution in [3.8, 4) is 5.75 Å². The van der Waals surface area contributed by atoms with Gasteiger partial charge in [-0.05, 0) is 0 Å². The van der Waals surface area contributed by atoms with Crippen LogP contribution in [0.4, 0.5) is 20.6 Å². The Labute approximate surface area is 137 Å². The van der Waals surface area contributed by atoms with E-state index < -0.39 is 12.2 Å². The number of fused-ring (bicyclic) bond motifs is 3. The van der Waals surface area contributed by atoms with Crippen molar-refractivity contribution in [3.05, 3.63) is 17.9 Å². The molecule has 1 aromatic carbocycles. The van der Waals surface area contributed by atoms with Gasteiger partial charge in [0.15, 0.2) is 0 Å². The molecular formula is C15H18FN3O3S. The van der Waals surface area contributed by atoms with Gasteiger partial charge in [-0.1, -0.05) is 0 Å². The van der Waals surface area contributed by atoms with Gasteiger partial charge in [-0.25, -0.2) is 9.18 Å². The molecule has 6 nitrogen and oxygen atoms in total. The Morgan fingerprint density at radius 1 is 1.30 bits per heavy atom. The molecule has 1 aromatic rings. The lowest BCUT2D eigenvalue weighted by atomic mass is 10.1. The molecule has 2 N–H and O–H groups in total. The van der Waals surface area contributed by atoms with Crippen LogP contribution in [-0.4, -0.2) is 56.0 Å². The number of hydrogen-bond donors (Lipinski definition) is 1. The predicted octanol–water partition coefficient (Wildman–Crippen LogP) is 1.42. The monoisotopic (exact) mass is 339 g/mol. The first-order valence-corrected chi connectivity index (χ1v) is 8.83. The summed E-state index contributed by atoms with van der Waals surface area (Å²) in [6, 6.07) is 2.77. The van der Waals surface area contributed by atoms with E-state index in [1.54, 1.807) is 6.07 Å². The van der Waals surface area contributed by atoms with Crippen molar-refractivity contribution in [1.29, 1.82) is 0 Å². The molecule has 0 unspecified atom stereocenters. The van der Waals surface area contributed by atoms with Crippen LogP contribution in [0.5, 0.6) is 5.75 Å². The van der Waals surface area contributed by atoms with Gasteiger partial charge in [-0.2, -0.15) is 11.8 Å². The van der Waals surface area contributed by atoms with Crippen LogP contribution in [0.3, 0.4) is 0 Å². The number of nitrogens with two attached hydrogens (primary N) is 1. The maximum Gasteiger partial charge on any atom is 0.415 e. The minimum absolute atomic E-state index is 0.220. The first kappa shape index (κ1) is 14.9. The molecule has 4 rings (SSSR count). The average Bonchev–Trinajstić information content (AvgIpc) is 2.91. The highest BCUT2D eigenvalue weighted by molar-refractivity contribution is 7.99. The molecule has 2 fully saturated rings. The largest absolute Gasteiger partial charge is 0.489 e. The number of anilines is 2. The highest BCUT2D eigenvalue weighted by Crippen LogP contribution is 2.42. The zero-order valence-electron chi connectivity index (χ0n) is 12.5. The number of carbonyl (C=O) groups excluding carboxylic acids is 1. The normalized spacial score (nSPS) is 26.4. The molecule has 0 spiro atoms. The lowest BCUT2D eigenvalue weighted by molar-refractivity contribution is 0.126. The zero-order chi connectivity index (χ0) is 16.0. The maximum absolute atomic E-state index is 14.6. The molecular weight excluding hydrogens is 321 g/mol. The highest BCUT2D eigenvalue weighted by Gasteiger charge is 2.46. The molecule has 2 saturated heterocycles. The van der Waals surface area contributed by atoms with Gasteiger partial charge in [0.2, 0.25) is 0 Å². The molecule has 0 radical (unpaired) electrons. The van der Waals surface area contributed by atoms with E-state index in [1.165, 1.54) is 11.0 Å². The Morgan fingerprint density at radius 3 is 2.83 bits per heavy atom. The van der Waals surface area contributed by atoms with E-state index in [0.717, 1.165) is 24.6 Å². The first-order chi connectivity index (χ1) is 11.2. The molecule has 0 saturated carbocycles. The average molecular weight is 339 g/mol. The number of amides is 1. The van der Waals surface area contributed by atoms with Crippen LogP contribution in [0.1, 0.15) is 0 Å². The number of thioether (sulfide) groups is 1. The highest BCUT2D eigenvalue weighted by atomic mass is 32.2. The second-order valence-electron chi connectivity index (χ2n) is 5.78. The fourth-order valence-electron chi connectivity index (χ4n) is 3.29. The number of rotatable bonds is 2. The summed E-state index contributed by atoms with van der Waals surface area (Å²) >= 11 is 1.87. The van der Waals surface area contributed by atoms with E-state index in [2.05, 4.69) is 0 Å². The van der Waals surface area contributed by atoms with Crippen molar-refractivity contribution in [1.82, 2.24) is 0 Å². The van der Waals surface area contributed by atoms with Gasteiger partial charge < -0.3 is 20.1 Å². The summed E-state index contributed by atoms with van der Waals surface area (Å²) < 4.78 is 25.6. The lowest BCUT2D eigenvalue weighted by Gasteiger charge is -2.33. The van der Waals surface area contributed by atoms with E-state index in [-0.39, 0.29) is 18.4 Å². The number of ether oxygens (including phenoxy) is 2. The Balaban J connectivity index is 1.70. The van der Waals surface area contributed by atoms with E-state index >= 15 is 0 Å². The second-order valence-corrected chi connectivity index (χ2v) is 7.00. The minimum atomic E-state index is -0.489. The van der Waals surface area contributed by atoms with Crippen molar-refractivity contribution in [3.63, 3.8) is 0 Å². The minimum Gasteiger partial charge on any atom is -0.489 e. The van der Waals surface area contributed by atoms with Gasteiger partial charge in [0, 0.05) is 43.3 Å². The second kappa shape index (κ2) is 5.76. The Hall–Kier alpha value is -1.67. The standard InChI is InChI=1S/C15H18FN3O3S/c16-9-5-11-13(6-10(9)18-1-3-23-4-2-18)21-8-12-14(7-17)22-15(20)19(11)12/h5-6,12,14H,1-4,7-8,17H2/t12-,14-/m0/s1. The summed E-state index contributed by atoms with van der Waals surface area (Å²) in [4.78, 5) is 15.6. The van der Waals surface area contributed by atoms with Gasteiger partial charge in [0.1, 0.15) is 30.3 Å². The summed E-state index contributed by atoms with van der Waals surface area (Å²) in [6.45, 7) is 2.15. The molecule has 2 atom stereocenters. The van der Waals surface area contributed by atoms with Crippen molar-refractivity contribution in [2.45, 2.75) is 12.1 Å². The zero-order valence-corrected chi connectivity index (χ0v) is 13.4. The molecule has 0 bridgehead atoms. The number of benzene rings is 1. The summed E-state index contributed by atoms with van der Waals surface area (Å²) in [5, 5.41) is 0. The SMILES string of the molecule is NC[C@@H]1OC(=O)N2c3cc(F)c(N4CCSCC4)cc3OC[C@@H]12. The molecule has 124 valence electrons. The van der Waals surface area contributed by atoms with Crippen LogP contribution in [0.15, 0.2) is 12.1 Å². The van der Waals surface area contributed by atoms with Gasteiger partial charge in [-0.15, -0.1) is 0 Å². The van der Waals surface area contributed by atoms with Crippen molar-refractivity contribution in [2.24, 2.45) is 5.73 Å². The molecule has 3 heterocycles. The predicted molar refractivity (Wildman–Crippen MR) is 87.0 cm³/mol. The van der Waals surface area contributed by atoms with Crippen molar-refractivity contribution < 1.29 is 18.7 Å². The van der Waals surface area contributed by atoms with E-state index in [4.69, 9.17) is 15.2 Å². The van der Waals surface area contributed by atoms with E-state index in [9.17, 15) is 9.18 Å². The molecule has 3 aliphatic heterocycles. The quantitative estimate of drug-likeness (QED) is 0.879.